The fraction of sp³-hybridized carbons (Fsp3) is 0.818. The van der Waals surface area contributed by atoms with Gasteiger partial charge in [0.2, 0.25) is 5.78 Å². The topological polar surface area (TPSA) is 63.6 Å². The Hall–Kier alpha value is -1.16. The standard InChI is InChI=1S/C22H38O4/c1-3-5-6-7-8-10-13-18-16-17-20(23)19(18)14-11-9-12-15-21(24)22(25)26-4-2/h10,13,18-20,23H,3-9,11-12,14-17H2,1-2H3/t18-,19+,20-/m0/s1. The second-order valence-electron chi connectivity index (χ2n) is 7.49. The summed E-state index contributed by atoms with van der Waals surface area (Å²) in [5.41, 5.74) is 0. The Kier molecular flexibility index (Phi) is 12.3. The number of hydrogen-bond donors (Lipinski definition) is 1. The van der Waals surface area contributed by atoms with Crippen LogP contribution < -0.4 is 0 Å². The first kappa shape index (κ1) is 22.9. The molecular formula is C22H38O4. The molecule has 4 nitrogen and oxygen atoms in total. The summed E-state index contributed by atoms with van der Waals surface area (Å²) in [5, 5.41) is 10.3. The number of hydrogen-bond acceptors (Lipinski definition) is 4. The van der Waals surface area contributed by atoms with Gasteiger partial charge in [0.15, 0.2) is 0 Å². The lowest BCUT2D eigenvalue weighted by molar-refractivity contribution is -0.153. The van der Waals surface area contributed by atoms with E-state index in [1.54, 1.807) is 6.92 Å². The van der Waals surface area contributed by atoms with Gasteiger partial charge in [-0.25, -0.2) is 4.79 Å². The van der Waals surface area contributed by atoms with Crippen LogP contribution in [-0.4, -0.2) is 29.6 Å². The van der Waals surface area contributed by atoms with Crippen molar-refractivity contribution in [2.45, 2.75) is 97.0 Å². The zero-order chi connectivity index (χ0) is 19.2. The number of unbranched alkanes of at least 4 members (excludes halogenated alkanes) is 6. The van der Waals surface area contributed by atoms with E-state index in [-0.39, 0.29) is 19.1 Å². The number of aliphatic hydroxyl groups is 1. The third-order valence-electron chi connectivity index (χ3n) is 5.39. The minimum atomic E-state index is -0.706. The molecule has 1 N–H and O–H groups in total. The maximum absolute atomic E-state index is 11.5. The smallest absolute Gasteiger partial charge is 0.374 e. The number of allylic oxidation sites excluding steroid dienone is 2. The third kappa shape index (κ3) is 8.98. The van der Waals surface area contributed by atoms with E-state index < -0.39 is 11.8 Å². The number of rotatable bonds is 14. The molecule has 0 aromatic carbocycles. The molecule has 0 spiro atoms. The quantitative estimate of drug-likeness (QED) is 0.204. The summed E-state index contributed by atoms with van der Waals surface area (Å²) in [6, 6.07) is 0. The summed E-state index contributed by atoms with van der Waals surface area (Å²) in [6.45, 7) is 4.18. The van der Waals surface area contributed by atoms with Gasteiger partial charge in [-0.2, -0.15) is 0 Å². The van der Waals surface area contributed by atoms with Crippen LogP contribution in [0.3, 0.4) is 0 Å². The van der Waals surface area contributed by atoms with E-state index in [1.807, 2.05) is 0 Å². The van der Waals surface area contributed by atoms with E-state index in [0.717, 1.165) is 44.9 Å². The highest BCUT2D eigenvalue weighted by atomic mass is 16.5. The van der Waals surface area contributed by atoms with Gasteiger partial charge in [-0.1, -0.05) is 51.2 Å². The summed E-state index contributed by atoms with van der Waals surface area (Å²) in [7, 11) is 0. The van der Waals surface area contributed by atoms with Crippen molar-refractivity contribution in [3.8, 4) is 0 Å². The highest BCUT2D eigenvalue weighted by molar-refractivity contribution is 6.33. The molecule has 0 unspecified atom stereocenters. The van der Waals surface area contributed by atoms with Crippen LogP contribution in [0, 0.1) is 11.8 Å². The van der Waals surface area contributed by atoms with Crippen LogP contribution in [0.2, 0.25) is 0 Å². The zero-order valence-corrected chi connectivity index (χ0v) is 16.8. The molecule has 0 saturated heterocycles. The molecule has 3 atom stereocenters. The van der Waals surface area contributed by atoms with Crippen molar-refractivity contribution in [1.29, 1.82) is 0 Å². The fourth-order valence-corrected chi connectivity index (χ4v) is 3.84. The first-order valence-corrected chi connectivity index (χ1v) is 10.6. The molecule has 0 amide bonds. The van der Waals surface area contributed by atoms with Gasteiger partial charge in [-0.3, -0.25) is 4.79 Å². The maximum Gasteiger partial charge on any atom is 0.374 e. The van der Waals surface area contributed by atoms with Crippen molar-refractivity contribution in [1.82, 2.24) is 0 Å². The van der Waals surface area contributed by atoms with Gasteiger partial charge in [0, 0.05) is 6.42 Å². The molecule has 150 valence electrons. The molecule has 4 heteroatoms. The maximum atomic E-state index is 11.5. The highest BCUT2D eigenvalue weighted by Gasteiger charge is 2.32. The lowest BCUT2D eigenvalue weighted by atomic mass is 9.88. The minimum Gasteiger partial charge on any atom is -0.460 e. The number of carbonyl (C=O) groups is 2. The number of ether oxygens (including phenoxy) is 1. The second-order valence-corrected chi connectivity index (χ2v) is 7.49. The summed E-state index contributed by atoms with van der Waals surface area (Å²) in [4.78, 5) is 22.8. The van der Waals surface area contributed by atoms with Crippen LogP contribution in [-0.2, 0) is 14.3 Å². The largest absolute Gasteiger partial charge is 0.460 e. The van der Waals surface area contributed by atoms with Crippen molar-refractivity contribution in [3.05, 3.63) is 12.2 Å². The Balaban J connectivity index is 2.21. The average molecular weight is 367 g/mol. The normalized spacial score (nSPS) is 22.8. The number of aliphatic hydroxyl groups excluding tert-OH is 1. The minimum absolute atomic E-state index is 0.189. The summed E-state index contributed by atoms with van der Waals surface area (Å²) >= 11 is 0. The predicted octanol–water partition coefficient (Wildman–Crippen LogP) is 4.98. The fourth-order valence-electron chi connectivity index (χ4n) is 3.84. The van der Waals surface area contributed by atoms with E-state index in [1.165, 1.54) is 25.7 Å². The van der Waals surface area contributed by atoms with Gasteiger partial charge in [-0.15, -0.1) is 0 Å². The van der Waals surface area contributed by atoms with Crippen LogP contribution in [0.15, 0.2) is 12.2 Å². The molecule has 1 fully saturated rings. The van der Waals surface area contributed by atoms with Crippen LogP contribution in [0.4, 0.5) is 0 Å². The van der Waals surface area contributed by atoms with Gasteiger partial charge in [-0.05, 0) is 57.3 Å². The number of Topliss-reactive ketones (excluding diaryl/α,β-unsaturated/α-hetero) is 1. The molecule has 1 rings (SSSR count). The van der Waals surface area contributed by atoms with Gasteiger partial charge < -0.3 is 9.84 Å². The van der Waals surface area contributed by atoms with Crippen LogP contribution in [0.5, 0.6) is 0 Å². The summed E-state index contributed by atoms with van der Waals surface area (Å²) < 4.78 is 4.71. The molecule has 26 heavy (non-hydrogen) atoms. The molecule has 0 heterocycles. The van der Waals surface area contributed by atoms with Gasteiger partial charge >= 0.3 is 5.97 Å². The Bertz CT molecular complexity index is 430. The number of carbonyl (C=O) groups excluding carboxylic acids is 2. The van der Waals surface area contributed by atoms with E-state index in [2.05, 4.69) is 19.1 Å². The van der Waals surface area contributed by atoms with Gasteiger partial charge in [0.1, 0.15) is 0 Å². The number of ketones is 1. The molecule has 0 bridgehead atoms. The van der Waals surface area contributed by atoms with E-state index in [0.29, 0.717) is 11.8 Å². The van der Waals surface area contributed by atoms with Crippen molar-refractivity contribution in [3.63, 3.8) is 0 Å². The summed E-state index contributed by atoms with van der Waals surface area (Å²) in [5.74, 6) is -0.278. The molecule has 0 aliphatic heterocycles. The first-order chi connectivity index (χ1) is 12.6. The van der Waals surface area contributed by atoms with Gasteiger partial charge in [0.25, 0.3) is 0 Å². The van der Waals surface area contributed by atoms with Crippen molar-refractivity contribution in [2.75, 3.05) is 6.61 Å². The molecule has 1 aliphatic rings. The van der Waals surface area contributed by atoms with Crippen molar-refractivity contribution < 1.29 is 19.4 Å². The molecule has 1 saturated carbocycles. The second kappa shape index (κ2) is 14.0. The Morgan fingerprint density at radius 1 is 1.04 bits per heavy atom. The molecular weight excluding hydrogens is 328 g/mol. The Labute approximate surface area is 159 Å². The molecule has 0 radical (unpaired) electrons. The average Bonchev–Trinajstić information content (AvgIpc) is 2.97. The molecule has 0 aromatic rings. The Morgan fingerprint density at radius 2 is 1.81 bits per heavy atom. The van der Waals surface area contributed by atoms with Crippen molar-refractivity contribution in [2.24, 2.45) is 11.8 Å². The Morgan fingerprint density at radius 3 is 2.54 bits per heavy atom. The van der Waals surface area contributed by atoms with Gasteiger partial charge in [0.05, 0.1) is 12.7 Å². The van der Waals surface area contributed by atoms with E-state index in [9.17, 15) is 14.7 Å². The van der Waals surface area contributed by atoms with E-state index in [4.69, 9.17) is 4.74 Å². The molecule has 0 aromatic heterocycles. The summed E-state index contributed by atoms with van der Waals surface area (Å²) in [6.07, 6.45) is 16.6. The molecule has 1 aliphatic carbocycles. The lowest BCUT2D eigenvalue weighted by Gasteiger charge is -2.19. The zero-order valence-electron chi connectivity index (χ0n) is 16.8. The third-order valence-corrected chi connectivity index (χ3v) is 5.39. The monoisotopic (exact) mass is 366 g/mol. The van der Waals surface area contributed by atoms with Crippen molar-refractivity contribution >= 4 is 11.8 Å². The first-order valence-electron chi connectivity index (χ1n) is 10.6. The predicted molar refractivity (Wildman–Crippen MR) is 105 cm³/mol. The van der Waals surface area contributed by atoms with Crippen LogP contribution >= 0.6 is 0 Å². The SMILES string of the molecule is CCCCCCC=C[C@H]1CC[C@H](O)[C@@H]1CCCCCC(=O)C(=O)OCC. The van der Waals surface area contributed by atoms with Crippen LogP contribution in [0.1, 0.15) is 90.9 Å². The highest BCUT2D eigenvalue weighted by Crippen LogP contribution is 2.36. The number of esters is 1. The van der Waals surface area contributed by atoms with Crippen LogP contribution in [0.25, 0.3) is 0 Å². The lowest BCUT2D eigenvalue weighted by Crippen LogP contribution is -2.18. The van der Waals surface area contributed by atoms with E-state index >= 15 is 0 Å².